The Bertz CT molecular complexity index is 1460. The number of hydrogen-bond donors (Lipinski definition) is 1. The molecule has 2 aromatic heterocycles. The number of aromatic nitrogens is 3. The minimum absolute atomic E-state index is 0.0634. The maximum Gasteiger partial charge on any atom is 0.309 e. The van der Waals surface area contributed by atoms with Crippen LogP contribution in [-0.4, -0.2) is 23.4 Å². The molecule has 4 rings (SSSR count). The number of halogens is 3. The largest absolute Gasteiger partial charge is 0.309 e. The van der Waals surface area contributed by atoms with Crippen molar-refractivity contribution in [2.45, 2.75) is 25.2 Å². The van der Waals surface area contributed by atoms with Crippen LogP contribution >= 0.6 is 11.6 Å². The van der Waals surface area contributed by atoms with Gasteiger partial charge in [0.25, 0.3) is 10.0 Å². The van der Waals surface area contributed by atoms with Crippen LogP contribution in [0.2, 0.25) is 5.02 Å². The Morgan fingerprint density at radius 2 is 1.88 bits per heavy atom. The van der Waals surface area contributed by atoms with Crippen molar-refractivity contribution in [3.05, 3.63) is 76.8 Å². The fourth-order valence-electron chi connectivity index (χ4n) is 3.43. The lowest BCUT2D eigenvalue weighted by atomic mass is 9.98. The average molecular weight is 475 g/mol. The van der Waals surface area contributed by atoms with Gasteiger partial charge >= 0.3 is 6.08 Å². The number of benzene rings is 2. The zero-order valence-corrected chi connectivity index (χ0v) is 18.6. The number of nitrogens with one attached hydrogen (secondary N) is 1. The van der Waals surface area contributed by atoms with Crippen molar-refractivity contribution in [2.75, 3.05) is 4.72 Å². The van der Waals surface area contributed by atoms with Crippen LogP contribution in [0.15, 0.2) is 53.6 Å². The van der Waals surface area contributed by atoms with E-state index in [9.17, 15) is 17.2 Å². The zero-order valence-electron chi connectivity index (χ0n) is 17.0. The lowest BCUT2D eigenvalue weighted by Gasteiger charge is -2.13. The lowest BCUT2D eigenvalue weighted by molar-refractivity contribution is 0.544. The molecule has 0 bridgehead atoms. The highest BCUT2D eigenvalue weighted by Crippen LogP contribution is 2.30. The van der Waals surface area contributed by atoms with Crippen LogP contribution < -0.4 is 4.72 Å². The predicted octanol–water partition coefficient (Wildman–Crippen LogP) is 5.30. The Labute approximate surface area is 188 Å². The van der Waals surface area contributed by atoms with E-state index in [-0.39, 0.29) is 10.7 Å². The molecule has 2 aromatic carbocycles. The number of anilines is 1. The van der Waals surface area contributed by atoms with E-state index in [0.29, 0.717) is 23.0 Å². The van der Waals surface area contributed by atoms with Crippen LogP contribution in [0.3, 0.4) is 0 Å². The normalized spacial score (nSPS) is 11.7. The van der Waals surface area contributed by atoms with E-state index in [2.05, 4.69) is 19.7 Å². The first kappa shape index (κ1) is 22.0. The molecule has 0 aliphatic rings. The SMILES string of the molecule is CCc1cc(-c2ccc(NS(=O)(=O)c3cccc(F)c3Cl)nc2C)cc2cnc(F)nc12. The average Bonchev–Trinajstić information content (AvgIpc) is 2.74. The summed E-state index contributed by atoms with van der Waals surface area (Å²) in [7, 11) is -4.14. The number of hydrogen-bond acceptors (Lipinski definition) is 5. The van der Waals surface area contributed by atoms with E-state index >= 15 is 0 Å². The molecule has 4 aromatic rings. The van der Waals surface area contributed by atoms with Crippen molar-refractivity contribution in [1.82, 2.24) is 15.0 Å². The Hall–Kier alpha value is -3.17. The molecule has 0 atom stereocenters. The number of sulfonamides is 1. The molecule has 0 amide bonds. The third-order valence-corrected chi connectivity index (χ3v) is 6.85. The quantitative estimate of drug-likeness (QED) is 0.397. The van der Waals surface area contributed by atoms with Crippen molar-refractivity contribution in [3.8, 4) is 11.1 Å². The molecule has 10 heteroatoms. The third kappa shape index (κ3) is 4.13. The summed E-state index contributed by atoms with van der Waals surface area (Å²) in [6.07, 6.45) is 1.28. The Morgan fingerprint density at radius 3 is 2.59 bits per heavy atom. The van der Waals surface area contributed by atoms with Crippen LogP contribution in [0.1, 0.15) is 18.2 Å². The number of pyridine rings is 1. The molecule has 0 unspecified atom stereocenters. The second kappa shape index (κ2) is 8.40. The molecular formula is C22H17ClF2N4O2S. The monoisotopic (exact) mass is 474 g/mol. The van der Waals surface area contributed by atoms with Crippen molar-refractivity contribution in [2.24, 2.45) is 0 Å². The minimum atomic E-state index is -4.14. The summed E-state index contributed by atoms with van der Waals surface area (Å²) >= 11 is 5.82. The van der Waals surface area contributed by atoms with Gasteiger partial charge in [0.1, 0.15) is 16.5 Å². The predicted molar refractivity (Wildman–Crippen MR) is 119 cm³/mol. The second-order valence-corrected chi connectivity index (χ2v) is 9.08. The highest BCUT2D eigenvalue weighted by molar-refractivity contribution is 7.92. The summed E-state index contributed by atoms with van der Waals surface area (Å²) in [5, 5.41) is 0.195. The van der Waals surface area contributed by atoms with Gasteiger partial charge in [-0.2, -0.15) is 4.39 Å². The summed E-state index contributed by atoms with van der Waals surface area (Å²) in [6.45, 7) is 3.68. The molecule has 0 aliphatic carbocycles. The van der Waals surface area contributed by atoms with Crippen molar-refractivity contribution in [3.63, 3.8) is 0 Å². The fourth-order valence-corrected chi connectivity index (χ4v) is 4.95. The minimum Gasteiger partial charge on any atom is -0.263 e. The summed E-state index contributed by atoms with van der Waals surface area (Å²) in [6, 6.07) is 10.5. The smallest absolute Gasteiger partial charge is 0.263 e. The lowest BCUT2D eigenvalue weighted by Crippen LogP contribution is -2.15. The van der Waals surface area contributed by atoms with Crippen molar-refractivity contribution in [1.29, 1.82) is 0 Å². The van der Waals surface area contributed by atoms with Gasteiger partial charge in [-0.25, -0.2) is 27.8 Å². The fraction of sp³-hybridized carbons (Fsp3) is 0.136. The summed E-state index contributed by atoms with van der Waals surface area (Å²) in [5.41, 5.74) is 3.53. The van der Waals surface area contributed by atoms with E-state index in [1.54, 1.807) is 13.0 Å². The van der Waals surface area contributed by atoms with Gasteiger partial charge in [0.15, 0.2) is 0 Å². The Kier molecular flexibility index (Phi) is 5.79. The van der Waals surface area contributed by atoms with Gasteiger partial charge in [-0.1, -0.05) is 24.6 Å². The Morgan fingerprint density at radius 1 is 1.09 bits per heavy atom. The maximum absolute atomic E-state index is 13.7. The Balaban J connectivity index is 1.71. The molecule has 0 saturated heterocycles. The van der Waals surface area contributed by atoms with E-state index < -0.39 is 26.9 Å². The topological polar surface area (TPSA) is 84.8 Å². The molecule has 1 N–H and O–H groups in total. The van der Waals surface area contributed by atoms with E-state index in [1.165, 1.54) is 24.4 Å². The van der Waals surface area contributed by atoms with Crippen LogP contribution in [0.25, 0.3) is 22.0 Å². The standard InChI is InChI=1S/C22H17ClF2N4O2S/c1-3-13-9-14(10-15-11-26-22(25)28-21(13)15)16-7-8-19(27-12(16)2)29-32(30,31)18-6-4-5-17(24)20(18)23/h4-11H,3H2,1-2H3,(H,27,29). The van der Waals surface area contributed by atoms with Gasteiger partial charge in [0.05, 0.1) is 10.5 Å². The van der Waals surface area contributed by atoms with Crippen LogP contribution in [0.5, 0.6) is 0 Å². The van der Waals surface area contributed by atoms with Crippen LogP contribution in [0, 0.1) is 18.8 Å². The number of nitrogens with zero attached hydrogens (tertiary/aromatic N) is 3. The summed E-state index contributed by atoms with van der Waals surface area (Å²) < 4.78 is 54.8. The van der Waals surface area contributed by atoms with E-state index in [4.69, 9.17) is 11.6 Å². The first-order valence-corrected chi connectivity index (χ1v) is 11.5. The molecule has 0 fully saturated rings. The molecule has 164 valence electrons. The van der Waals surface area contributed by atoms with Gasteiger partial charge in [-0.15, -0.1) is 0 Å². The summed E-state index contributed by atoms with van der Waals surface area (Å²) in [5.74, 6) is -0.769. The van der Waals surface area contributed by atoms with Gasteiger partial charge in [-0.05, 0) is 60.9 Å². The molecule has 0 aliphatic heterocycles. The molecule has 6 nitrogen and oxygen atoms in total. The molecule has 0 radical (unpaired) electrons. The number of rotatable bonds is 5. The number of aryl methyl sites for hydroxylation is 2. The number of fused-ring (bicyclic) bond motifs is 1. The van der Waals surface area contributed by atoms with Crippen molar-refractivity contribution < 1.29 is 17.2 Å². The first-order valence-electron chi connectivity index (χ1n) is 9.59. The maximum atomic E-state index is 13.7. The highest BCUT2D eigenvalue weighted by Gasteiger charge is 2.21. The summed E-state index contributed by atoms with van der Waals surface area (Å²) in [4.78, 5) is 11.5. The molecule has 0 saturated carbocycles. The molecule has 0 spiro atoms. The van der Waals surface area contributed by atoms with Gasteiger partial charge in [-0.3, -0.25) is 4.72 Å². The zero-order chi connectivity index (χ0) is 23.0. The van der Waals surface area contributed by atoms with Gasteiger partial charge in [0.2, 0.25) is 0 Å². The highest BCUT2D eigenvalue weighted by atomic mass is 35.5. The molecule has 2 heterocycles. The van der Waals surface area contributed by atoms with Crippen LogP contribution in [0.4, 0.5) is 14.6 Å². The van der Waals surface area contributed by atoms with Gasteiger partial charge < -0.3 is 0 Å². The third-order valence-electron chi connectivity index (χ3n) is 4.95. The molecular weight excluding hydrogens is 458 g/mol. The van der Waals surface area contributed by atoms with Crippen molar-refractivity contribution >= 4 is 38.3 Å². The molecule has 32 heavy (non-hydrogen) atoms. The van der Waals surface area contributed by atoms with Crippen LogP contribution in [-0.2, 0) is 16.4 Å². The van der Waals surface area contributed by atoms with Gasteiger partial charge in [0, 0.05) is 22.8 Å². The first-order chi connectivity index (χ1) is 15.2. The van der Waals surface area contributed by atoms with E-state index in [0.717, 1.165) is 22.8 Å². The van der Waals surface area contributed by atoms with E-state index in [1.807, 2.05) is 19.1 Å². The second-order valence-electron chi connectivity index (χ2n) is 7.05.